The Balaban J connectivity index is 1.58. The number of nitrogens with zero attached hydrogens (tertiary/aromatic N) is 1. The number of carbonyl (C=O) groups excluding carboxylic acids is 1. The van der Waals surface area contributed by atoms with Crippen LogP contribution < -0.4 is 23.7 Å². The van der Waals surface area contributed by atoms with Crippen LogP contribution in [0, 0.1) is 0 Å². The summed E-state index contributed by atoms with van der Waals surface area (Å²) in [5.74, 6) is 1.59. The van der Waals surface area contributed by atoms with Crippen molar-refractivity contribution in [2.24, 2.45) is 0 Å². The van der Waals surface area contributed by atoms with Crippen LogP contribution >= 0.6 is 0 Å². The third-order valence-corrected chi connectivity index (χ3v) is 7.25. The summed E-state index contributed by atoms with van der Waals surface area (Å²) < 4.78 is 49.8. The molecule has 3 rings (SSSR count). The van der Waals surface area contributed by atoms with Crippen LogP contribution in [0.3, 0.4) is 0 Å². The predicted octanol–water partition coefficient (Wildman–Crippen LogP) is 3.79. The van der Waals surface area contributed by atoms with Gasteiger partial charge in [-0.2, -0.15) is 0 Å². The van der Waals surface area contributed by atoms with E-state index in [9.17, 15) is 13.2 Å². The van der Waals surface area contributed by atoms with Gasteiger partial charge in [0.2, 0.25) is 15.8 Å². The van der Waals surface area contributed by atoms with Gasteiger partial charge in [0.15, 0.2) is 18.1 Å². The van der Waals surface area contributed by atoms with E-state index in [0.29, 0.717) is 29.5 Å². The summed E-state index contributed by atoms with van der Waals surface area (Å²) in [5.41, 5.74) is 1.65. The van der Waals surface area contributed by atoms with Gasteiger partial charge in [-0.15, -0.1) is 0 Å². The summed E-state index contributed by atoms with van der Waals surface area (Å²) >= 11 is 0. The Bertz CT molecular complexity index is 1270. The first kappa shape index (κ1) is 27.8. The van der Waals surface area contributed by atoms with Gasteiger partial charge in [0.05, 0.1) is 26.2 Å². The van der Waals surface area contributed by atoms with E-state index in [1.54, 1.807) is 26.1 Å². The summed E-state index contributed by atoms with van der Waals surface area (Å²) in [6.07, 6.45) is 0. The van der Waals surface area contributed by atoms with Crippen molar-refractivity contribution in [2.45, 2.75) is 24.4 Å². The molecule has 0 heterocycles. The van der Waals surface area contributed by atoms with Gasteiger partial charge in [-0.05, 0) is 54.4 Å². The first-order valence-corrected chi connectivity index (χ1v) is 13.0. The number of methoxy groups -OCH3 is 3. The van der Waals surface area contributed by atoms with Gasteiger partial charge in [0.25, 0.3) is 5.91 Å². The van der Waals surface area contributed by atoms with Crippen LogP contribution in [0.25, 0.3) is 0 Å². The molecular weight excluding hydrogens is 496 g/mol. The van der Waals surface area contributed by atoms with E-state index in [4.69, 9.17) is 18.9 Å². The second-order valence-corrected chi connectivity index (χ2v) is 10.0. The molecule has 0 aliphatic heterocycles. The summed E-state index contributed by atoms with van der Waals surface area (Å²) in [4.78, 5) is 14.3. The van der Waals surface area contributed by atoms with Crippen molar-refractivity contribution < 1.29 is 32.2 Å². The molecule has 0 spiro atoms. The summed E-state index contributed by atoms with van der Waals surface area (Å²) in [6, 6.07) is 18.4. The normalized spacial score (nSPS) is 11.9. The summed E-state index contributed by atoms with van der Waals surface area (Å²) in [5, 5.41) is 0. The second-order valence-electron chi connectivity index (χ2n) is 8.30. The molecule has 0 aromatic heterocycles. The number of sulfonamides is 1. The standard InChI is InChI=1S/C27H32N2O7S/c1-19(21-9-7-6-8-10-21)28-37(31,32)23-13-11-22(12-14-23)36-18-26(30)29(2)17-20-15-24(33-3)27(35-5)25(16-20)34-4/h6-16,19,28H,17-18H2,1-5H3/t19-/m0/s1. The van der Waals surface area contributed by atoms with E-state index in [-0.39, 0.29) is 23.5 Å². The summed E-state index contributed by atoms with van der Waals surface area (Å²) in [6.45, 7) is 1.86. The monoisotopic (exact) mass is 528 g/mol. The average molecular weight is 529 g/mol. The number of ether oxygens (including phenoxy) is 4. The third-order valence-electron chi connectivity index (χ3n) is 5.70. The van der Waals surface area contributed by atoms with Crippen molar-refractivity contribution in [2.75, 3.05) is 35.0 Å². The van der Waals surface area contributed by atoms with Gasteiger partial charge in [-0.1, -0.05) is 30.3 Å². The lowest BCUT2D eigenvalue weighted by Gasteiger charge is -2.20. The molecule has 0 radical (unpaired) electrons. The van der Waals surface area contributed by atoms with E-state index in [1.807, 2.05) is 30.3 Å². The number of hydrogen-bond acceptors (Lipinski definition) is 7. The fourth-order valence-electron chi connectivity index (χ4n) is 3.67. The molecular formula is C27H32N2O7S. The van der Waals surface area contributed by atoms with E-state index in [2.05, 4.69) is 4.72 Å². The minimum Gasteiger partial charge on any atom is -0.493 e. The smallest absolute Gasteiger partial charge is 0.260 e. The van der Waals surface area contributed by atoms with Crippen LogP contribution in [-0.4, -0.2) is 54.2 Å². The molecule has 0 aliphatic carbocycles. The molecule has 0 saturated carbocycles. The number of benzene rings is 3. The van der Waals surface area contributed by atoms with E-state index < -0.39 is 10.0 Å². The first-order chi connectivity index (χ1) is 17.7. The highest BCUT2D eigenvalue weighted by Gasteiger charge is 2.19. The van der Waals surface area contributed by atoms with Crippen LogP contribution in [0.4, 0.5) is 0 Å². The highest BCUT2D eigenvalue weighted by atomic mass is 32.2. The van der Waals surface area contributed by atoms with Crippen LogP contribution in [-0.2, 0) is 21.4 Å². The van der Waals surface area contributed by atoms with Gasteiger partial charge in [0, 0.05) is 19.6 Å². The maximum atomic E-state index is 12.7. The minimum atomic E-state index is -3.73. The van der Waals surface area contributed by atoms with Gasteiger partial charge < -0.3 is 23.8 Å². The molecule has 1 amide bonds. The lowest BCUT2D eigenvalue weighted by Crippen LogP contribution is -2.31. The molecule has 10 heteroatoms. The molecule has 0 saturated heterocycles. The van der Waals surface area contributed by atoms with Crippen molar-refractivity contribution >= 4 is 15.9 Å². The lowest BCUT2D eigenvalue weighted by molar-refractivity contribution is -0.132. The van der Waals surface area contributed by atoms with Crippen LogP contribution in [0.1, 0.15) is 24.1 Å². The Morgan fingerprint density at radius 2 is 1.51 bits per heavy atom. The first-order valence-electron chi connectivity index (χ1n) is 11.5. The Morgan fingerprint density at radius 3 is 2.05 bits per heavy atom. The maximum absolute atomic E-state index is 12.7. The molecule has 0 unspecified atom stereocenters. The van der Waals surface area contributed by atoms with Crippen molar-refractivity contribution in [1.82, 2.24) is 9.62 Å². The van der Waals surface area contributed by atoms with Gasteiger partial charge in [0.1, 0.15) is 5.75 Å². The minimum absolute atomic E-state index is 0.105. The van der Waals surface area contributed by atoms with Crippen molar-refractivity contribution in [3.8, 4) is 23.0 Å². The van der Waals surface area contributed by atoms with Crippen LogP contribution in [0.15, 0.2) is 71.6 Å². The summed E-state index contributed by atoms with van der Waals surface area (Å²) in [7, 11) is 2.51. The maximum Gasteiger partial charge on any atom is 0.260 e. The second kappa shape index (κ2) is 12.5. The fourth-order valence-corrected chi connectivity index (χ4v) is 4.90. The largest absolute Gasteiger partial charge is 0.493 e. The van der Waals surface area contributed by atoms with Crippen molar-refractivity contribution in [1.29, 1.82) is 0 Å². The molecule has 0 bridgehead atoms. The topological polar surface area (TPSA) is 103 Å². The highest BCUT2D eigenvalue weighted by molar-refractivity contribution is 7.89. The Morgan fingerprint density at radius 1 is 0.919 bits per heavy atom. The van der Waals surface area contributed by atoms with Gasteiger partial charge in [-0.3, -0.25) is 4.79 Å². The number of likely N-dealkylation sites (N-methyl/N-ethyl adjacent to an activating group) is 1. The molecule has 3 aromatic carbocycles. The average Bonchev–Trinajstić information content (AvgIpc) is 2.91. The van der Waals surface area contributed by atoms with Crippen molar-refractivity contribution in [3.05, 3.63) is 77.9 Å². The molecule has 9 nitrogen and oxygen atoms in total. The molecule has 37 heavy (non-hydrogen) atoms. The Kier molecular flexibility index (Phi) is 9.37. The molecule has 198 valence electrons. The number of nitrogens with one attached hydrogen (secondary N) is 1. The number of hydrogen-bond donors (Lipinski definition) is 1. The zero-order valence-electron chi connectivity index (χ0n) is 21.6. The SMILES string of the molecule is COc1cc(CN(C)C(=O)COc2ccc(S(=O)(=O)N[C@@H](C)c3ccccc3)cc2)cc(OC)c1OC. The lowest BCUT2D eigenvalue weighted by atomic mass is 10.1. The Labute approximate surface area is 218 Å². The third kappa shape index (κ3) is 7.14. The zero-order chi connectivity index (χ0) is 27.0. The van der Waals surface area contributed by atoms with Crippen LogP contribution in [0.5, 0.6) is 23.0 Å². The fraction of sp³-hybridized carbons (Fsp3) is 0.296. The van der Waals surface area contributed by atoms with E-state index in [1.165, 1.54) is 50.5 Å². The number of carbonyl (C=O) groups is 1. The molecule has 3 aromatic rings. The van der Waals surface area contributed by atoms with Gasteiger partial charge >= 0.3 is 0 Å². The van der Waals surface area contributed by atoms with Crippen molar-refractivity contribution in [3.63, 3.8) is 0 Å². The molecule has 1 atom stereocenters. The molecule has 0 fully saturated rings. The molecule has 0 aliphatic rings. The van der Waals surface area contributed by atoms with E-state index in [0.717, 1.165) is 11.1 Å². The van der Waals surface area contributed by atoms with Crippen LogP contribution in [0.2, 0.25) is 0 Å². The highest BCUT2D eigenvalue weighted by Crippen LogP contribution is 2.38. The Hall–Kier alpha value is -3.76. The zero-order valence-corrected chi connectivity index (χ0v) is 22.4. The predicted molar refractivity (Wildman–Crippen MR) is 140 cm³/mol. The van der Waals surface area contributed by atoms with E-state index >= 15 is 0 Å². The molecule has 1 N–H and O–H groups in total. The number of rotatable bonds is 12. The number of amides is 1. The quantitative estimate of drug-likeness (QED) is 0.382. The van der Waals surface area contributed by atoms with Gasteiger partial charge in [-0.25, -0.2) is 13.1 Å².